The second-order valence-electron chi connectivity index (χ2n) is 4.92. The van der Waals surface area contributed by atoms with Crippen LogP contribution >= 0.6 is 0 Å². The summed E-state index contributed by atoms with van der Waals surface area (Å²) in [5.74, 6) is -0.139. The monoisotopic (exact) mass is 310 g/mol. The molecule has 7 nitrogen and oxygen atoms in total. The molecule has 1 N–H and O–H groups in total. The Bertz CT molecular complexity index is 665. The van der Waals surface area contributed by atoms with Gasteiger partial charge in [0.2, 0.25) is 0 Å². The number of nitrogens with one attached hydrogen (secondary N) is 1. The fourth-order valence-electron chi connectivity index (χ4n) is 2.03. The summed E-state index contributed by atoms with van der Waals surface area (Å²) in [5, 5.41) is 6.32. The zero-order valence-corrected chi connectivity index (χ0v) is 12.7. The molecule has 0 atom stereocenters. The molecule has 0 aliphatic rings. The number of carbonyl (C=O) groups excluding carboxylic acids is 1. The summed E-state index contributed by atoms with van der Waals surface area (Å²) < 4.78 is 0. The SMILES string of the molecule is [N-]=[N+]=NCCCCCNC(=O)c1ccc(-c2ccccn2)nc1. The van der Waals surface area contributed by atoms with Crippen LogP contribution in [0.2, 0.25) is 0 Å². The molecule has 0 radical (unpaired) electrons. The number of hydrogen-bond donors (Lipinski definition) is 1. The van der Waals surface area contributed by atoms with Crippen LogP contribution in [0.5, 0.6) is 0 Å². The van der Waals surface area contributed by atoms with Crippen LogP contribution in [0.25, 0.3) is 21.8 Å². The molecule has 1 amide bonds. The first-order chi connectivity index (χ1) is 11.3. The highest BCUT2D eigenvalue weighted by Gasteiger charge is 2.06. The van der Waals surface area contributed by atoms with Gasteiger partial charge in [-0.3, -0.25) is 14.8 Å². The van der Waals surface area contributed by atoms with Crippen LogP contribution in [-0.4, -0.2) is 29.0 Å². The maximum Gasteiger partial charge on any atom is 0.252 e. The van der Waals surface area contributed by atoms with Gasteiger partial charge in [-0.15, -0.1) is 0 Å². The van der Waals surface area contributed by atoms with Crippen molar-refractivity contribution in [3.63, 3.8) is 0 Å². The molecular weight excluding hydrogens is 292 g/mol. The van der Waals surface area contributed by atoms with Gasteiger partial charge in [-0.1, -0.05) is 17.6 Å². The lowest BCUT2D eigenvalue weighted by Gasteiger charge is -2.05. The van der Waals surface area contributed by atoms with Crippen molar-refractivity contribution in [3.05, 3.63) is 58.7 Å². The van der Waals surface area contributed by atoms with E-state index in [9.17, 15) is 4.79 Å². The van der Waals surface area contributed by atoms with Crippen LogP contribution in [0.4, 0.5) is 0 Å². The molecule has 0 saturated heterocycles. The zero-order valence-electron chi connectivity index (χ0n) is 12.7. The van der Waals surface area contributed by atoms with E-state index in [1.165, 1.54) is 0 Å². The lowest BCUT2D eigenvalue weighted by molar-refractivity contribution is 0.0952. The van der Waals surface area contributed by atoms with Gasteiger partial charge in [0.05, 0.1) is 17.0 Å². The summed E-state index contributed by atoms with van der Waals surface area (Å²) >= 11 is 0. The van der Waals surface area contributed by atoms with E-state index < -0.39 is 0 Å². The van der Waals surface area contributed by atoms with E-state index >= 15 is 0 Å². The summed E-state index contributed by atoms with van der Waals surface area (Å²) in [7, 11) is 0. The standard InChI is InChI=1S/C16H18N6O/c17-22-21-11-4-1-3-10-19-16(23)13-7-8-15(20-12-13)14-6-2-5-9-18-14/h2,5-9,12H,1,3-4,10-11H2,(H,19,23). The third kappa shape index (κ3) is 5.41. The summed E-state index contributed by atoms with van der Waals surface area (Å²) in [6.07, 6.45) is 5.86. The zero-order chi connectivity index (χ0) is 16.3. The Morgan fingerprint density at radius 1 is 1.13 bits per heavy atom. The van der Waals surface area contributed by atoms with Crippen LogP contribution in [0.1, 0.15) is 29.6 Å². The highest BCUT2D eigenvalue weighted by atomic mass is 16.1. The van der Waals surface area contributed by atoms with Crippen LogP contribution in [0, 0.1) is 0 Å². The maximum absolute atomic E-state index is 12.0. The molecule has 0 unspecified atom stereocenters. The Hall–Kier alpha value is -2.92. The molecule has 2 heterocycles. The average Bonchev–Trinajstić information content (AvgIpc) is 2.61. The Kier molecular flexibility index (Phi) is 6.56. The van der Waals surface area contributed by atoms with Gasteiger partial charge >= 0.3 is 0 Å². The first-order valence-electron chi connectivity index (χ1n) is 7.48. The van der Waals surface area contributed by atoms with E-state index in [-0.39, 0.29) is 5.91 Å². The predicted octanol–water partition coefficient (Wildman–Crippen LogP) is 3.35. The smallest absolute Gasteiger partial charge is 0.252 e. The molecular formula is C16H18N6O. The Labute approximate surface area is 134 Å². The first-order valence-corrected chi connectivity index (χ1v) is 7.48. The number of amides is 1. The Morgan fingerprint density at radius 2 is 2.00 bits per heavy atom. The quantitative estimate of drug-likeness (QED) is 0.350. The molecule has 0 bridgehead atoms. The Morgan fingerprint density at radius 3 is 2.70 bits per heavy atom. The number of hydrogen-bond acceptors (Lipinski definition) is 4. The Balaban J connectivity index is 1.78. The maximum atomic E-state index is 12.0. The lowest BCUT2D eigenvalue weighted by atomic mass is 10.2. The van der Waals surface area contributed by atoms with Gasteiger partial charge in [0, 0.05) is 30.4 Å². The lowest BCUT2D eigenvalue weighted by Crippen LogP contribution is -2.24. The van der Waals surface area contributed by atoms with E-state index in [1.54, 1.807) is 24.5 Å². The summed E-state index contributed by atoms with van der Waals surface area (Å²) in [5.41, 5.74) is 10.2. The largest absolute Gasteiger partial charge is 0.352 e. The van der Waals surface area contributed by atoms with Gasteiger partial charge in [0.25, 0.3) is 5.91 Å². The van der Waals surface area contributed by atoms with E-state index in [1.807, 2.05) is 18.2 Å². The van der Waals surface area contributed by atoms with Crippen LogP contribution in [0.15, 0.2) is 47.8 Å². The molecule has 0 aliphatic heterocycles. The minimum Gasteiger partial charge on any atom is -0.352 e. The first kappa shape index (κ1) is 16.5. The number of nitrogens with zero attached hydrogens (tertiary/aromatic N) is 5. The third-order valence-corrected chi connectivity index (χ3v) is 3.24. The molecule has 0 spiro atoms. The number of pyridine rings is 2. The van der Waals surface area contributed by atoms with E-state index in [4.69, 9.17) is 5.53 Å². The summed E-state index contributed by atoms with van der Waals surface area (Å²) in [6, 6.07) is 9.15. The number of unbranched alkanes of at least 4 members (excludes halogenated alkanes) is 2. The second-order valence-corrected chi connectivity index (χ2v) is 4.92. The highest BCUT2D eigenvalue weighted by Crippen LogP contribution is 2.13. The molecule has 0 aliphatic carbocycles. The van der Waals surface area contributed by atoms with Crippen molar-refractivity contribution in [2.45, 2.75) is 19.3 Å². The molecule has 23 heavy (non-hydrogen) atoms. The van der Waals surface area contributed by atoms with Crippen molar-refractivity contribution in [2.75, 3.05) is 13.1 Å². The minimum absolute atomic E-state index is 0.139. The van der Waals surface area contributed by atoms with Gasteiger partial charge in [-0.05, 0) is 42.6 Å². The number of rotatable bonds is 8. The number of carbonyl (C=O) groups is 1. The van der Waals surface area contributed by atoms with Gasteiger partial charge in [0.1, 0.15) is 0 Å². The molecule has 0 fully saturated rings. The van der Waals surface area contributed by atoms with Crippen molar-refractivity contribution in [1.82, 2.24) is 15.3 Å². The molecule has 118 valence electrons. The minimum atomic E-state index is -0.139. The van der Waals surface area contributed by atoms with E-state index in [0.717, 1.165) is 30.7 Å². The summed E-state index contributed by atoms with van der Waals surface area (Å²) in [6.45, 7) is 1.10. The van der Waals surface area contributed by atoms with Crippen molar-refractivity contribution in [2.24, 2.45) is 5.11 Å². The molecule has 0 saturated carbocycles. The second kappa shape index (κ2) is 9.17. The van der Waals surface area contributed by atoms with Gasteiger partial charge in [-0.25, -0.2) is 0 Å². The fraction of sp³-hybridized carbons (Fsp3) is 0.312. The normalized spacial score (nSPS) is 9.91. The number of aromatic nitrogens is 2. The molecule has 2 aromatic heterocycles. The van der Waals surface area contributed by atoms with Crippen LogP contribution in [0.3, 0.4) is 0 Å². The topological polar surface area (TPSA) is 104 Å². The van der Waals surface area contributed by atoms with E-state index in [0.29, 0.717) is 18.7 Å². The van der Waals surface area contributed by atoms with Crippen molar-refractivity contribution in [1.29, 1.82) is 0 Å². The summed E-state index contributed by atoms with van der Waals surface area (Å²) in [4.78, 5) is 23.2. The van der Waals surface area contributed by atoms with Crippen molar-refractivity contribution < 1.29 is 4.79 Å². The van der Waals surface area contributed by atoms with Crippen molar-refractivity contribution in [3.8, 4) is 11.4 Å². The third-order valence-electron chi connectivity index (χ3n) is 3.24. The van der Waals surface area contributed by atoms with Gasteiger partial charge in [-0.2, -0.15) is 0 Å². The highest BCUT2D eigenvalue weighted by molar-refractivity contribution is 5.94. The molecule has 2 aromatic rings. The van der Waals surface area contributed by atoms with E-state index in [2.05, 4.69) is 25.3 Å². The van der Waals surface area contributed by atoms with Gasteiger partial charge < -0.3 is 5.32 Å². The fourth-order valence-corrected chi connectivity index (χ4v) is 2.03. The van der Waals surface area contributed by atoms with Gasteiger partial charge in [0.15, 0.2) is 0 Å². The molecule has 2 rings (SSSR count). The number of azide groups is 1. The van der Waals surface area contributed by atoms with Crippen molar-refractivity contribution >= 4 is 5.91 Å². The molecule has 7 heteroatoms. The van der Waals surface area contributed by atoms with Crippen LogP contribution in [-0.2, 0) is 0 Å². The average molecular weight is 310 g/mol. The van der Waals surface area contributed by atoms with Crippen LogP contribution < -0.4 is 5.32 Å². The molecule has 0 aromatic carbocycles. The predicted molar refractivity (Wildman–Crippen MR) is 87.7 cm³/mol.